The van der Waals surface area contributed by atoms with Gasteiger partial charge in [0, 0.05) is 12.0 Å². The molecule has 3 heterocycles. The first-order chi connectivity index (χ1) is 19.9. The van der Waals surface area contributed by atoms with E-state index in [9.17, 15) is 38.1 Å². The lowest BCUT2D eigenvalue weighted by atomic mass is 9.97. The van der Waals surface area contributed by atoms with E-state index < -0.39 is 54.6 Å². The molecule has 0 amide bonds. The number of aryl methyl sites for hydroxylation is 1. The molecule has 1 aliphatic rings. The van der Waals surface area contributed by atoms with E-state index in [1.54, 1.807) is 0 Å². The van der Waals surface area contributed by atoms with Crippen LogP contribution in [0.1, 0.15) is 44.5 Å². The molecule has 2 aromatic carbocycles. The minimum absolute atomic E-state index is 0.0475. The topological polar surface area (TPSA) is 183 Å². The number of Topliss-reactive ketones (excluding diaryl/α,β-unsaturated/α-hetero) is 1. The molecule has 4 atom stereocenters. The number of nitrogen functional groups attached to an aromatic ring is 1. The Labute approximate surface area is 235 Å². The van der Waals surface area contributed by atoms with Crippen LogP contribution in [0.15, 0.2) is 55.1 Å². The number of aromatic carboxylic acids is 1. The average Bonchev–Trinajstić information content (AvgIpc) is 3.51. The largest absolute Gasteiger partial charge is 0.491 e. The number of carbonyl (C=O) groups excluding carboxylic acids is 1. The summed E-state index contributed by atoms with van der Waals surface area (Å²) in [5.41, 5.74) is 5.12. The molecule has 220 valence electrons. The Morgan fingerprint density at radius 2 is 1.79 bits per heavy atom. The van der Waals surface area contributed by atoms with Gasteiger partial charge in [-0.05, 0) is 36.2 Å². The van der Waals surface area contributed by atoms with E-state index in [1.807, 2.05) is 0 Å². The molecule has 12 nitrogen and oxygen atoms in total. The van der Waals surface area contributed by atoms with Gasteiger partial charge in [0.05, 0.1) is 17.5 Å². The van der Waals surface area contributed by atoms with Gasteiger partial charge in [-0.3, -0.25) is 9.36 Å². The number of nitrogens with two attached hydrogens (primary N) is 1. The maximum atomic E-state index is 13.7. The van der Waals surface area contributed by atoms with Crippen LogP contribution in [0.25, 0.3) is 11.2 Å². The quantitative estimate of drug-likeness (QED) is 0.211. The summed E-state index contributed by atoms with van der Waals surface area (Å²) >= 11 is 0. The number of carboxylic acids is 1. The molecule has 1 aliphatic heterocycles. The van der Waals surface area contributed by atoms with Crippen molar-refractivity contribution in [3.8, 4) is 5.75 Å². The molecule has 0 bridgehead atoms. The second kappa shape index (κ2) is 11.3. The van der Waals surface area contributed by atoms with Crippen molar-refractivity contribution < 1.29 is 47.6 Å². The number of ketones is 1. The predicted octanol–water partition coefficient (Wildman–Crippen LogP) is 2.64. The molecule has 42 heavy (non-hydrogen) atoms. The number of aliphatic hydroxyl groups excluding tert-OH is 2. The number of anilines is 1. The molecule has 4 aromatic rings. The standard InChI is InChI=1S/C27H24F3N5O7/c28-27(29,30)14-7-13(5-6-18(36)16-3-1-2-4-17(16)26(39)40)8-15(9-14)41-10-19-21(37)22(38)25(42-19)35-12-34-20-23(31)32-11-33-24(20)35/h1-4,7-9,11-12,19,21-22,25,37-38H,5-6,10H2,(H,39,40)(H2,31,32,33)/t19-,21-,22-,25-/m1/s1. The lowest BCUT2D eigenvalue weighted by molar-refractivity contribution is -0.137. The Morgan fingerprint density at radius 1 is 1.05 bits per heavy atom. The van der Waals surface area contributed by atoms with Crippen molar-refractivity contribution in [2.75, 3.05) is 12.3 Å². The molecule has 15 heteroatoms. The third-order valence-corrected chi connectivity index (χ3v) is 6.80. The highest BCUT2D eigenvalue weighted by atomic mass is 19.4. The number of halogens is 3. The van der Waals surface area contributed by atoms with Gasteiger partial charge in [0.15, 0.2) is 23.5 Å². The highest BCUT2D eigenvalue weighted by molar-refractivity contribution is 6.05. The van der Waals surface area contributed by atoms with E-state index in [2.05, 4.69) is 15.0 Å². The second-order valence-corrected chi connectivity index (χ2v) is 9.58. The SMILES string of the molecule is Nc1ncnc2c1ncn2[C@@H]1O[C@H](COc2cc(CCC(=O)c3ccccc3C(=O)O)cc(C(F)(F)F)c2)[C@@H](O)[C@H]1O. The van der Waals surface area contributed by atoms with Gasteiger partial charge >= 0.3 is 12.1 Å². The maximum absolute atomic E-state index is 13.7. The summed E-state index contributed by atoms with van der Waals surface area (Å²) in [6, 6.07) is 8.52. The Hall–Kier alpha value is -4.60. The lowest BCUT2D eigenvalue weighted by Gasteiger charge is -2.18. The van der Waals surface area contributed by atoms with Crippen molar-refractivity contribution >= 4 is 28.7 Å². The van der Waals surface area contributed by atoms with Crippen LogP contribution in [0.3, 0.4) is 0 Å². The Bertz CT molecular complexity index is 1640. The number of imidazole rings is 1. The first kappa shape index (κ1) is 28.9. The minimum atomic E-state index is -4.73. The van der Waals surface area contributed by atoms with E-state index in [0.29, 0.717) is 0 Å². The number of carbonyl (C=O) groups is 2. The molecule has 0 radical (unpaired) electrons. The number of hydrogen-bond donors (Lipinski definition) is 4. The van der Waals surface area contributed by atoms with Crippen molar-refractivity contribution in [1.82, 2.24) is 19.5 Å². The zero-order valence-corrected chi connectivity index (χ0v) is 21.6. The van der Waals surface area contributed by atoms with Gasteiger partial charge in [-0.1, -0.05) is 18.2 Å². The molecule has 1 fully saturated rings. The predicted molar refractivity (Wildman–Crippen MR) is 139 cm³/mol. The van der Waals surface area contributed by atoms with Crippen molar-refractivity contribution in [3.63, 3.8) is 0 Å². The zero-order valence-electron chi connectivity index (χ0n) is 21.6. The fourth-order valence-corrected chi connectivity index (χ4v) is 4.69. The van der Waals surface area contributed by atoms with E-state index in [1.165, 1.54) is 47.6 Å². The van der Waals surface area contributed by atoms with Crippen LogP contribution in [-0.4, -0.2) is 71.5 Å². The highest BCUT2D eigenvalue weighted by Crippen LogP contribution is 2.35. The van der Waals surface area contributed by atoms with Crippen LogP contribution in [0.4, 0.5) is 19.0 Å². The molecule has 0 spiro atoms. The van der Waals surface area contributed by atoms with Crippen molar-refractivity contribution in [3.05, 3.63) is 77.4 Å². The fraction of sp³-hybridized carbons (Fsp3) is 0.296. The van der Waals surface area contributed by atoms with Gasteiger partial charge in [0.25, 0.3) is 0 Å². The van der Waals surface area contributed by atoms with Gasteiger partial charge in [0.1, 0.15) is 42.5 Å². The first-order valence-corrected chi connectivity index (χ1v) is 12.6. The van der Waals surface area contributed by atoms with Crippen molar-refractivity contribution in [2.45, 2.75) is 43.6 Å². The van der Waals surface area contributed by atoms with Crippen LogP contribution in [-0.2, 0) is 17.3 Å². The van der Waals surface area contributed by atoms with Crippen molar-refractivity contribution in [1.29, 1.82) is 0 Å². The third kappa shape index (κ3) is 5.74. The summed E-state index contributed by atoms with van der Waals surface area (Å²) in [5, 5.41) is 30.5. The van der Waals surface area contributed by atoms with Gasteiger partial charge in [-0.25, -0.2) is 19.7 Å². The van der Waals surface area contributed by atoms with Crippen LogP contribution >= 0.6 is 0 Å². The normalized spacial score (nSPS) is 20.6. The Morgan fingerprint density at radius 3 is 2.50 bits per heavy atom. The Kier molecular flexibility index (Phi) is 7.81. The molecule has 0 saturated carbocycles. The summed E-state index contributed by atoms with van der Waals surface area (Å²) in [7, 11) is 0. The molecule has 5 rings (SSSR count). The molecule has 0 aliphatic carbocycles. The van der Waals surface area contributed by atoms with E-state index >= 15 is 0 Å². The van der Waals surface area contributed by atoms with Gasteiger partial charge in [-0.15, -0.1) is 0 Å². The van der Waals surface area contributed by atoms with Crippen LogP contribution < -0.4 is 10.5 Å². The number of rotatable bonds is 9. The number of alkyl halides is 3. The monoisotopic (exact) mass is 587 g/mol. The molecular weight excluding hydrogens is 563 g/mol. The maximum Gasteiger partial charge on any atom is 0.416 e. The van der Waals surface area contributed by atoms with Crippen LogP contribution in [0.5, 0.6) is 5.75 Å². The third-order valence-electron chi connectivity index (χ3n) is 6.80. The molecule has 2 aromatic heterocycles. The van der Waals surface area contributed by atoms with E-state index in [0.717, 1.165) is 12.1 Å². The molecular formula is C27H24F3N5O7. The van der Waals surface area contributed by atoms with Gasteiger partial charge in [-0.2, -0.15) is 13.2 Å². The average molecular weight is 588 g/mol. The Balaban J connectivity index is 1.31. The molecule has 5 N–H and O–H groups in total. The second-order valence-electron chi connectivity index (χ2n) is 9.58. The van der Waals surface area contributed by atoms with Gasteiger partial charge in [0.2, 0.25) is 0 Å². The van der Waals surface area contributed by atoms with Crippen molar-refractivity contribution in [2.24, 2.45) is 0 Å². The number of nitrogens with zero attached hydrogens (tertiary/aromatic N) is 4. The number of benzene rings is 2. The smallest absolute Gasteiger partial charge is 0.416 e. The zero-order chi connectivity index (χ0) is 30.2. The lowest BCUT2D eigenvalue weighted by Crippen LogP contribution is -2.34. The molecule has 0 unspecified atom stereocenters. The molecule has 1 saturated heterocycles. The van der Waals surface area contributed by atoms with E-state index in [4.69, 9.17) is 15.2 Å². The summed E-state index contributed by atoms with van der Waals surface area (Å²) in [5.74, 6) is -1.95. The van der Waals surface area contributed by atoms with E-state index in [-0.39, 0.29) is 52.3 Å². The number of aromatic nitrogens is 4. The summed E-state index contributed by atoms with van der Waals surface area (Å²) < 4.78 is 53.7. The number of carboxylic acid groups (broad SMARTS) is 1. The highest BCUT2D eigenvalue weighted by Gasteiger charge is 2.45. The van der Waals surface area contributed by atoms with Crippen LogP contribution in [0.2, 0.25) is 0 Å². The first-order valence-electron chi connectivity index (χ1n) is 12.6. The number of fused-ring (bicyclic) bond motifs is 1. The van der Waals surface area contributed by atoms with Crippen LogP contribution in [0, 0.1) is 0 Å². The summed E-state index contributed by atoms with van der Waals surface area (Å²) in [6.07, 6.45) is -7.84. The summed E-state index contributed by atoms with van der Waals surface area (Å²) in [6.45, 7) is -0.426. The fourth-order valence-electron chi connectivity index (χ4n) is 4.69. The van der Waals surface area contributed by atoms with Gasteiger partial charge < -0.3 is 30.5 Å². The number of ether oxygens (including phenoxy) is 2. The number of aliphatic hydroxyl groups is 2. The number of hydrogen-bond acceptors (Lipinski definition) is 10. The summed E-state index contributed by atoms with van der Waals surface area (Å²) in [4.78, 5) is 36.1. The minimum Gasteiger partial charge on any atom is -0.491 e.